The van der Waals surface area contributed by atoms with E-state index < -0.39 is 6.10 Å². The summed E-state index contributed by atoms with van der Waals surface area (Å²) in [6.45, 7) is 6.84. The lowest BCUT2D eigenvalue weighted by Gasteiger charge is -2.20. The molecule has 0 fully saturated rings. The molecule has 0 saturated carbocycles. The number of hydrogen-bond acceptors (Lipinski definition) is 4. The van der Waals surface area contributed by atoms with Gasteiger partial charge in [0.15, 0.2) is 11.5 Å². The Balaban J connectivity index is 2.00. The van der Waals surface area contributed by atoms with Gasteiger partial charge in [0.1, 0.15) is 30.8 Å². The van der Waals surface area contributed by atoms with Gasteiger partial charge in [-0.2, -0.15) is 0 Å². The molecule has 2 aromatic rings. The van der Waals surface area contributed by atoms with Crippen LogP contribution in [0.1, 0.15) is 34.3 Å². The van der Waals surface area contributed by atoms with Crippen molar-refractivity contribution in [2.75, 3.05) is 13.2 Å². The Morgan fingerprint density at radius 3 is 2.35 bits per heavy atom. The van der Waals surface area contributed by atoms with Crippen molar-refractivity contribution in [1.29, 1.82) is 0 Å². The molecular formula is C16H18O4. The van der Waals surface area contributed by atoms with Gasteiger partial charge in [0, 0.05) is 5.56 Å². The minimum absolute atomic E-state index is 0.537. The second-order valence-electron chi connectivity index (χ2n) is 5.06. The number of furan rings is 1. The molecule has 0 saturated heterocycles. The van der Waals surface area contributed by atoms with Gasteiger partial charge in [-0.15, -0.1) is 0 Å². The summed E-state index contributed by atoms with van der Waals surface area (Å²) in [6.07, 6.45) is -0.719. The highest BCUT2D eigenvalue weighted by atomic mass is 16.6. The molecule has 2 heterocycles. The van der Waals surface area contributed by atoms with E-state index in [1.165, 1.54) is 0 Å². The van der Waals surface area contributed by atoms with Crippen LogP contribution in [0.25, 0.3) is 0 Å². The third-order valence-electron chi connectivity index (χ3n) is 3.77. The van der Waals surface area contributed by atoms with E-state index in [0.717, 1.165) is 34.0 Å². The quantitative estimate of drug-likeness (QED) is 0.914. The zero-order chi connectivity index (χ0) is 14.3. The fourth-order valence-electron chi connectivity index (χ4n) is 2.61. The van der Waals surface area contributed by atoms with Gasteiger partial charge in [-0.1, -0.05) is 6.07 Å². The minimum atomic E-state index is -0.719. The van der Waals surface area contributed by atoms with Crippen LogP contribution in [-0.4, -0.2) is 18.3 Å². The predicted octanol–water partition coefficient (Wildman–Crippen LogP) is 3.06. The zero-order valence-electron chi connectivity index (χ0n) is 11.9. The lowest BCUT2D eigenvalue weighted by Crippen LogP contribution is -2.15. The highest BCUT2D eigenvalue weighted by molar-refractivity contribution is 5.47. The first-order chi connectivity index (χ1) is 9.58. The Morgan fingerprint density at radius 2 is 1.70 bits per heavy atom. The van der Waals surface area contributed by atoms with Gasteiger partial charge in [-0.05, 0) is 44.0 Å². The number of hydrogen-bond donors (Lipinski definition) is 1. The van der Waals surface area contributed by atoms with E-state index in [-0.39, 0.29) is 0 Å². The van der Waals surface area contributed by atoms with Gasteiger partial charge in [-0.25, -0.2) is 0 Å². The van der Waals surface area contributed by atoms with Crippen molar-refractivity contribution < 1.29 is 19.0 Å². The summed E-state index contributed by atoms with van der Waals surface area (Å²) < 4.78 is 16.6. The van der Waals surface area contributed by atoms with E-state index in [9.17, 15) is 5.11 Å². The number of fused-ring (bicyclic) bond motifs is 1. The SMILES string of the molecule is Cc1oc(C)c(C(O)c2ccc3c(c2)OCCO3)c1C. The molecule has 0 bridgehead atoms. The van der Waals surface area contributed by atoms with Crippen molar-refractivity contribution in [2.45, 2.75) is 26.9 Å². The molecule has 1 atom stereocenters. The van der Waals surface area contributed by atoms with Crippen molar-refractivity contribution in [2.24, 2.45) is 0 Å². The molecule has 1 aliphatic rings. The molecule has 1 aromatic heterocycles. The van der Waals surface area contributed by atoms with Crippen LogP contribution in [0.4, 0.5) is 0 Å². The van der Waals surface area contributed by atoms with Gasteiger partial charge >= 0.3 is 0 Å². The number of aliphatic hydroxyl groups excluding tert-OH is 1. The summed E-state index contributed by atoms with van der Waals surface area (Å²) in [5, 5.41) is 10.6. The number of ether oxygens (including phenoxy) is 2. The van der Waals surface area contributed by atoms with E-state index in [4.69, 9.17) is 13.9 Å². The number of aliphatic hydroxyl groups is 1. The summed E-state index contributed by atoms with van der Waals surface area (Å²) in [5.41, 5.74) is 2.60. The van der Waals surface area contributed by atoms with E-state index in [2.05, 4.69) is 0 Å². The molecule has 1 N–H and O–H groups in total. The standard InChI is InChI=1S/C16H18O4/c1-9-10(2)20-11(3)15(9)16(17)12-4-5-13-14(8-12)19-7-6-18-13/h4-5,8,16-17H,6-7H2,1-3H3. The number of rotatable bonds is 2. The summed E-state index contributed by atoms with van der Waals surface area (Å²) in [6, 6.07) is 5.53. The molecule has 0 spiro atoms. The molecule has 0 amide bonds. The maximum absolute atomic E-state index is 10.6. The van der Waals surface area contributed by atoms with Crippen LogP contribution < -0.4 is 9.47 Å². The number of benzene rings is 1. The van der Waals surface area contributed by atoms with E-state index in [1.54, 1.807) is 0 Å². The first-order valence-corrected chi connectivity index (χ1v) is 6.72. The molecule has 0 radical (unpaired) electrons. The molecule has 0 aliphatic carbocycles. The minimum Gasteiger partial charge on any atom is -0.486 e. The topological polar surface area (TPSA) is 51.8 Å². The van der Waals surface area contributed by atoms with Crippen molar-refractivity contribution >= 4 is 0 Å². The van der Waals surface area contributed by atoms with Gasteiger partial charge in [0.25, 0.3) is 0 Å². The van der Waals surface area contributed by atoms with E-state index in [0.29, 0.717) is 19.0 Å². The molecule has 3 rings (SSSR count). The Hall–Kier alpha value is -1.94. The lowest BCUT2D eigenvalue weighted by atomic mass is 9.97. The largest absolute Gasteiger partial charge is 0.486 e. The Labute approximate surface area is 117 Å². The van der Waals surface area contributed by atoms with Gasteiger partial charge in [0.05, 0.1) is 0 Å². The Kier molecular flexibility index (Phi) is 3.18. The maximum Gasteiger partial charge on any atom is 0.161 e. The van der Waals surface area contributed by atoms with Crippen LogP contribution in [0.15, 0.2) is 22.6 Å². The van der Waals surface area contributed by atoms with Crippen LogP contribution in [0.2, 0.25) is 0 Å². The summed E-state index contributed by atoms with van der Waals surface area (Å²) >= 11 is 0. The third-order valence-corrected chi connectivity index (χ3v) is 3.77. The molecule has 1 unspecified atom stereocenters. The van der Waals surface area contributed by atoms with Crippen molar-refractivity contribution in [3.05, 3.63) is 46.4 Å². The molecule has 1 aromatic carbocycles. The summed E-state index contributed by atoms with van der Waals surface area (Å²) in [4.78, 5) is 0. The molecule has 106 valence electrons. The average molecular weight is 274 g/mol. The maximum atomic E-state index is 10.6. The first-order valence-electron chi connectivity index (χ1n) is 6.72. The van der Waals surface area contributed by atoms with Crippen molar-refractivity contribution in [3.8, 4) is 11.5 Å². The first kappa shape index (κ1) is 13.1. The van der Waals surface area contributed by atoms with E-state index in [1.807, 2.05) is 39.0 Å². The second-order valence-corrected chi connectivity index (χ2v) is 5.06. The Bertz CT molecular complexity index is 642. The molecule has 20 heavy (non-hydrogen) atoms. The van der Waals surface area contributed by atoms with Crippen LogP contribution in [-0.2, 0) is 0 Å². The Morgan fingerprint density at radius 1 is 1.00 bits per heavy atom. The van der Waals surface area contributed by atoms with Gasteiger partial charge in [-0.3, -0.25) is 0 Å². The smallest absolute Gasteiger partial charge is 0.161 e. The normalized spacial score (nSPS) is 15.2. The van der Waals surface area contributed by atoms with Gasteiger partial charge in [0.2, 0.25) is 0 Å². The zero-order valence-corrected chi connectivity index (χ0v) is 11.9. The van der Waals surface area contributed by atoms with E-state index >= 15 is 0 Å². The van der Waals surface area contributed by atoms with Gasteiger partial charge < -0.3 is 19.0 Å². The molecular weight excluding hydrogens is 256 g/mol. The monoisotopic (exact) mass is 274 g/mol. The second kappa shape index (κ2) is 4.87. The fraction of sp³-hybridized carbons (Fsp3) is 0.375. The summed E-state index contributed by atoms with van der Waals surface area (Å²) in [5.74, 6) is 3.00. The third kappa shape index (κ3) is 2.06. The van der Waals surface area contributed by atoms with Crippen LogP contribution in [0, 0.1) is 20.8 Å². The molecule has 4 heteroatoms. The average Bonchev–Trinajstić information content (AvgIpc) is 2.71. The van der Waals surface area contributed by atoms with Crippen LogP contribution in [0.5, 0.6) is 11.5 Å². The molecule has 4 nitrogen and oxygen atoms in total. The van der Waals surface area contributed by atoms with Crippen LogP contribution in [0.3, 0.4) is 0 Å². The predicted molar refractivity (Wildman–Crippen MR) is 74.4 cm³/mol. The van der Waals surface area contributed by atoms with Crippen LogP contribution >= 0.6 is 0 Å². The fourth-order valence-corrected chi connectivity index (χ4v) is 2.61. The number of aryl methyl sites for hydroxylation is 2. The highest BCUT2D eigenvalue weighted by Gasteiger charge is 2.22. The lowest BCUT2D eigenvalue weighted by molar-refractivity contribution is 0.169. The molecule has 1 aliphatic heterocycles. The summed E-state index contributed by atoms with van der Waals surface area (Å²) in [7, 11) is 0. The highest BCUT2D eigenvalue weighted by Crippen LogP contribution is 2.36. The van der Waals surface area contributed by atoms with Crippen molar-refractivity contribution in [1.82, 2.24) is 0 Å². The van der Waals surface area contributed by atoms with Crippen molar-refractivity contribution in [3.63, 3.8) is 0 Å².